The third-order valence-electron chi connectivity index (χ3n) is 1.76. The number of tetrazole rings is 1. The van der Waals surface area contributed by atoms with Crippen LogP contribution in [0.1, 0.15) is 18.7 Å². The average molecular weight is 162 g/mol. The SMILES string of the molecule is Cn1nnc(C2=CCCC=C2)n1. The van der Waals surface area contributed by atoms with E-state index in [1.807, 2.05) is 6.08 Å². The average Bonchev–Trinajstić information content (AvgIpc) is 2.54. The molecule has 1 aromatic heterocycles. The summed E-state index contributed by atoms with van der Waals surface area (Å²) in [6.45, 7) is 0. The van der Waals surface area contributed by atoms with Crippen molar-refractivity contribution in [1.82, 2.24) is 20.2 Å². The first-order valence-electron chi connectivity index (χ1n) is 3.97. The van der Waals surface area contributed by atoms with Gasteiger partial charge in [0.15, 0.2) is 0 Å². The molecule has 0 unspecified atom stereocenters. The predicted molar refractivity (Wildman–Crippen MR) is 45.1 cm³/mol. The van der Waals surface area contributed by atoms with Gasteiger partial charge in [0.1, 0.15) is 0 Å². The summed E-state index contributed by atoms with van der Waals surface area (Å²) < 4.78 is 0. The van der Waals surface area contributed by atoms with Crippen molar-refractivity contribution in [2.24, 2.45) is 7.05 Å². The van der Waals surface area contributed by atoms with Crippen molar-refractivity contribution >= 4 is 5.57 Å². The molecule has 0 aliphatic heterocycles. The molecule has 0 atom stereocenters. The molecule has 0 radical (unpaired) electrons. The second-order valence-corrected chi connectivity index (χ2v) is 2.74. The van der Waals surface area contributed by atoms with Gasteiger partial charge in [-0.25, -0.2) is 0 Å². The molecule has 1 aromatic rings. The molecular formula is C8H10N4. The molecule has 4 nitrogen and oxygen atoms in total. The fraction of sp³-hybridized carbons (Fsp3) is 0.375. The molecular weight excluding hydrogens is 152 g/mol. The van der Waals surface area contributed by atoms with Crippen LogP contribution in [0, 0.1) is 0 Å². The molecule has 0 aromatic carbocycles. The van der Waals surface area contributed by atoms with Gasteiger partial charge < -0.3 is 0 Å². The Morgan fingerprint density at radius 2 is 2.33 bits per heavy atom. The summed E-state index contributed by atoms with van der Waals surface area (Å²) in [5.74, 6) is 0.716. The number of hydrogen-bond donors (Lipinski definition) is 0. The Morgan fingerprint density at radius 1 is 1.42 bits per heavy atom. The van der Waals surface area contributed by atoms with Crippen LogP contribution in [0.5, 0.6) is 0 Å². The third kappa shape index (κ3) is 1.28. The second-order valence-electron chi connectivity index (χ2n) is 2.74. The van der Waals surface area contributed by atoms with Crippen LogP contribution in [0.3, 0.4) is 0 Å². The largest absolute Gasteiger partial charge is 0.204 e. The summed E-state index contributed by atoms with van der Waals surface area (Å²) in [6.07, 6.45) is 8.50. The van der Waals surface area contributed by atoms with E-state index < -0.39 is 0 Å². The van der Waals surface area contributed by atoms with Gasteiger partial charge in [-0.3, -0.25) is 0 Å². The minimum atomic E-state index is 0.716. The van der Waals surface area contributed by atoms with Crippen molar-refractivity contribution < 1.29 is 0 Å². The number of rotatable bonds is 1. The van der Waals surface area contributed by atoms with E-state index in [1.54, 1.807) is 7.05 Å². The van der Waals surface area contributed by atoms with E-state index in [9.17, 15) is 0 Å². The van der Waals surface area contributed by atoms with Crippen molar-refractivity contribution in [1.29, 1.82) is 0 Å². The van der Waals surface area contributed by atoms with Crippen LogP contribution in [0.4, 0.5) is 0 Å². The summed E-state index contributed by atoms with van der Waals surface area (Å²) in [5.41, 5.74) is 1.08. The van der Waals surface area contributed by atoms with Gasteiger partial charge in [0.2, 0.25) is 5.82 Å². The maximum atomic E-state index is 4.11. The van der Waals surface area contributed by atoms with E-state index in [0.717, 1.165) is 18.4 Å². The van der Waals surface area contributed by atoms with Crippen LogP contribution in [-0.2, 0) is 7.05 Å². The van der Waals surface area contributed by atoms with Gasteiger partial charge in [0, 0.05) is 5.57 Å². The highest BCUT2D eigenvalue weighted by atomic mass is 15.6. The molecule has 1 aliphatic rings. The van der Waals surface area contributed by atoms with Gasteiger partial charge in [-0.05, 0) is 18.1 Å². The summed E-state index contributed by atoms with van der Waals surface area (Å²) in [6, 6.07) is 0. The van der Waals surface area contributed by atoms with Gasteiger partial charge in [-0.2, -0.15) is 4.80 Å². The first-order chi connectivity index (χ1) is 5.86. The Balaban J connectivity index is 2.30. The number of allylic oxidation sites excluding steroid dienone is 4. The van der Waals surface area contributed by atoms with Gasteiger partial charge in [0.25, 0.3) is 0 Å². The van der Waals surface area contributed by atoms with E-state index in [-0.39, 0.29) is 0 Å². The van der Waals surface area contributed by atoms with E-state index in [4.69, 9.17) is 0 Å². The number of aryl methyl sites for hydroxylation is 1. The van der Waals surface area contributed by atoms with Crippen molar-refractivity contribution in [2.45, 2.75) is 12.8 Å². The zero-order chi connectivity index (χ0) is 8.39. The molecule has 0 N–H and O–H groups in total. The predicted octanol–water partition coefficient (Wildman–Crippen LogP) is 0.943. The summed E-state index contributed by atoms with van der Waals surface area (Å²) in [4.78, 5) is 1.47. The highest BCUT2D eigenvalue weighted by Gasteiger charge is 2.05. The number of aromatic nitrogens is 4. The topological polar surface area (TPSA) is 43.6 Å². The fourth-order valence-corrected chi connectivity index (χ4v) is 1.18. The van der Waals surface area contributed by atoms with Crippen LogP contribution >= 0.6 is 0 Å². The normalized spacial score (nSPS) is 16.2. The van der Waals surface area contributed by atoms with E-state index in [0.29, 0.717) is 5.82 Å². The molecule has 0 spiro atoms. The highest BCUT2D eigenvalue weighted by molar-refractivity contribution is 5.69. The molecule has 0 fully saturated rings. The van der Waals surface area contributed by atoms with E-state index in [2.05, 4.69) is 27.6 Å². The lowest BCUT2D eigenvalue weighted by Gasteiger charge is -2.00. The number of nitrogens with zero attached hydrogens (tertiary/aromatic N) is 4. The molecule has 1 aliphatic carbocycles. The zero-order valence-electron chi connectivity index (χ0n) is 6.94. The lowest BCUT2D eigenvalue weighted by molar-refractivity contribution is 0.629. The monoisotopic (exact) mass is 162 g/mol. The van der Waals surface area contributed by atoms with Gasteiger partial charge in [-0.15, -0.1) is 10.2 Å². The Labute approximate surface area is 70.6 Å². The third-order valence-corrected chi connectivity index (χ3v) is 1.76. The molecule has 62 valence electrons. The van der Waals surface area contributed by atoms with Crippen molar-refractivity contribution in [3.63, 3.8) is 0 Å². The fourth-order valence-electron chi connectivity index (χ4n) is 1.18. The molecule has 1 heterocycles. The molecule has 0 saturated heterocycles. The van der Waals surface area contributed by atoms with Crippen LogP contribution < -0.4 is 0 Å². The van der Waals surface area contributed by atoms with E-state index >= 15 is 0 Å². The number of hydrogen-bond acceptors (Lipinski definition) is 3. The second kappa shape index (κ2) is 2.89. The van der Waals surface area contributed by atoms with Crippen LogP contribution in [0.15, 0.2) is 18.2 Å². The molecule has 12 heavy (non-hydrogen) atoms. The van der Waals surface area contributed by atoms with Crippen LogP contribution in [-0.4, -0.2) is 20.2 Å². The Kier molecular flexibility index (Phi) is 1.74. The first kappa shape index (κ1) is 7.21. The smallest absolute Gasteiger partial charge is 0.167 e. The van der Waals surface area contributed by atoms with Gasteiger partial charge in [0.05, 0.1) is 7.05 Å². The summed E-state index contributed by atoms with van der Waals surface area (Å²) >= 11 is 0. The molecule has 0 saturated carbocycles. The van der Waals surface area contributed by atoms with Gasteiger partial charge in [-0.1, -0.05) is 18.2 Å². The lowest BCUT2D eigenvalue weighted by Crippen LogP contribution is -1.93. The quantitative estimate of drug-likeness (QED) is 0.617. The Bertz CT molecular complexity index is 335. The molecule has 2 rings (SSSR count). The van der Waals surface area contributed by atoms with Gasteiger partial charge >= 0.3 is 0 Å². The van der Waals surface area contributed by atoms with E-state index in [1.165, 1.54) is 4.80 Å². The minimum Gasteiger partial charge on any atom is -0.167 e. The Hall–Kier alpha value is -1.45. The maximum absolute atomic E-state index is 4.11. The van der Waals surface area contributed by atoms with Crippen molar-refractivity contribution in [2.75, 3.05) is 0 Å². The first-order valence-corrected chi connectivity index (χ1v) is 3.97. The van der Waals surface area contributed by atoms with Crippen molar-refractivity contribution in [3.05, 3.63) is 24.1 Å². The lowest BCUT2D eigenvalue weighted by atomic mass is 10.1. The maximum Gasteiger partial charge on any atom is 0.204 e. The summed E-state index contributed by atoms with van der Waals surface area (Å²) in [7, 11) is 1.77. The van der Waals surface area contributed by atoms with Crippen LogP contribution in [0.25, 0.3) is 5.57 Å². The minimum absolute atomic E-state index is 0.716. The molecule has 0 amide bonds. The summed E-state index contributed by atoms with van der Waals surface area (Å²) in [5, 5.41) is 11.8. The Morgan fingerprint density at radius 3 is 2.92 bits per heavy atom. The van der Waals surface area contributed by atoms with Crippen molar-refractivity contribution in [3.8, 4) is 0 Å². The van der Waals surface area contributed by atoms with Crippen LogP contribution in [0.2, 0.25) is 0 Å². The highest BCUT2D eigenvalue weighted by Crippen LogP contribution is 2.16. The molecule has 0 bridgehead atoms. The zero-order valence-corrected chi connectivity index (χ0v) is 6.94. The molecule has 4 heteroatoms. The standard InChI is InChI=1S/C8H10N4/c1-12-10-8(9-11-12)7-5-3-2-4-6-7/h3,5-6H,2,4H2,1H3.